The van der Waals surface area contributed by atoms with Gasteiger partial charge in [-0.3, -0.25) is 10.1 Å². The van der Waals surface area contributed by atoms with Crippen LogP contribution in [0.4, 0.5) is 10.1 Å². The lowest BCUT2D eigenvalue weighted by molar-refractivity contribution is -0.387. The molecule has 18 heavy (non-hydrogen) atoms. The van der Waals surface area contributed by atoms with Crippen LogP contribution in [0.15, 0.2) is 56.7 Å². The summed E-state index contributed by atoms with van der Waals surface area (Å²) in [6.07, 6.45) is 0. The summed E-state index contributed by atoms with van der Waals surface area (Å²) in [6, 6.07) is 10.6. The van der Waals surface area contributed by atoms with E-state index in [1.54, 1.807) is 24.3 Å². The molecule has 0 atom stereocenters. The van der Waals surface area contributed by atoms with Gasteiger partial charge in [-0.15, -0.1) is 0 Å². The second-order valence-corrected chi connectivity index (χ2v) is 5.46. The largest absolute Gasteiger partial charge is 0.283 e. The Labute approximate surface area is 115 Å². The van der Waals surface area contributed by atoms with Crippen LogP contribution in [0.1, 0.15) is 0 Å². The summed E-state index contributed by atoms with van der Waals surface area (Å²) >= 11 is 4.50. The van der Waals surface area contributed by atoms with E-state index in [1.165, 1.54) is 30.0 Å². The summed E-state index contributed by atoms with van der Waals surface area (Å²) in [5, 5.41) is 10.9. The molecule has 0 N–H and O–H groups in total. The molecule has 0 aliphatic carbocycles. The monoisotopic (exact) mass is 327 g/mol. The molecule has 0 bridgehead atoms. The zero-order chi connectivity index (χ0) is 13.1. The topological polar surface area (TPSA) is 43.1 Å². The van der Waals surface area contributed by atoms with E-state index in [1.807, 2.05) is 0 Å². The second kappa shape index (κ2) is 5.49. The smallest absolute Gasteiger partial charge is 0.258 e. The molecular formula is C12H7BrFNO2S. The minimum absolute atomic E-state index is 0.0347. The van der Waals surface area contributed by atoms with Gasteiger partial charge in [-0.2, -0.15) is 0 Å². The van der Waals surface area contributed by atoms with Crippen LogP contribution in [-0.2, 0) is 0 Å². The van der Waals surface area contributed by atoms with Crippen LogP contribution in [0.25, 0.3) is 0 Å². The van der Waals surface area contributed by atoms with Crippen LogP contribution in [0, 0.1) is 15.9 Å². The lowest BCUT2D eigenvalue weighted by Gasteiger charge is -2.03. The van der Waals surface area contributed by atoms with Gasteiger partial charge in [0, 0.05) is 15.4 Å². The molecule has 0 aliphatic heterocycles. The third kappa shape index (κ3) is 3.08. The average Bonchev–Trinajstić information content (AvgIpc) is 2.32. The van der Waals surface area contributed by atoms with Crippen molar-refractivity contribution in [1.29, 1.82) is 0 Å². The van der Waals surface area contributed by atoms with E-state index >= 15 is 0 Å². The maximum Gasteiger partial charge on any atom is 0.283 e. The van der Waals surface area contributed by atoms with Crippen LogP contribution in [0.2, 0.25) is 0 Å². The molecule has 0 amide bonds. The van der Waals surface area contributed by atoms with Gasteiger partial charge in [-0.25, -0.2) is 4.39 Å². The number of hydrogen-bond acceptors (Lipinski definition) is 3. The molecule has 0 radical (unpaired) electrons. The fraction of sp³-hybridized carbons (Fsp3) is 0. The summed E-state index contributed by atoms with van der Waals surface area (Å²) in [4.78, 5) is 11.7. The van der Waals surface area contributed by atoms with E-state index in [4.69, 9.17) is 0 Å². The van der Waals surface area contributed by atoms with Gasteiger partial charge in [-0.05, 0) is 36.4 Å². The molecule has 2 aromatic rings. The van der Waals surface area contributed by atoms with E-state index in [2.05, 4.69) is 15.9 Å². The number of benzene rings is 2. The summed E-state index contributed by atoms with van der Waals surface area (Å²) in [5.41, 5.74) is 0.0347. The summed E-state index contributed by atoms with van der Waals surface area (Å²) in [6.45, 7) is 0. The van der Waals surface area contributed by atoms with Crippen LogP contribution in [0.3, 0.4) is 0 Å². The quantitative estimate of drug-likeness (QED) is 0.608. The summed E-state index contributed by atoms with van der Waals surface area (Å²) in [7, 11) is 0. The molecular weight excluding hydrogens is 321 g/mol. The third-order valence-corrected chi connectivity index (χ3v) is 3.71. The van der Waals surface area contributed by atoms with Crippen LogP contribution in [0.5, 0.6) is 0 Å². The Balaban J connectivity index is 2.35. The molecule has 0 spiro atoms. The third-order valence-electron chi connectivity index (χ3n) is 2.16. The number of hydrogen-bond donors (Lipinski definition) is 0. The highest BCUT2D eigenvalue weighted by Gasteiger charge is 2.14. The SMILES string of the molecule is O=[N+]([O-])c1ccc(Br)cc1Sc1ccc(F)cc1. The Morgan fingerprint density at radius 1 is 1.17 bits per heavy atom. The molecule has 0 saturated carbocycles. The summed E-state index contributed by atoms with van der Waals surface area (Å²) in [5.74, 6) is -0.330. The van der Waals surface area contributed by atoms with E-state index in [0.29, 0.717) is 4.90 Å². The molecule has 0 fully saturated rings. The standard InChI is InChI=1S/C12H7BrFNO2S/c13-8-1-6-11(15(16)17)12(7-8)18-10-4-2-9(14)3-5-10/h1-7H. The Hall–Kier alpha value is -1.40. The summed E-state index contributed by atoms with van der Waals surface area (Å²) < 4.78 is 13.5. The van der Waals surface area contributed by atoms with Gasteiger partial charge in [-0.1, -0.05) is 27.7 Å². The first-order valence-electron chi connectivity index (χ1n) is 4.93. The van der Waals surface area contributed by atoms with Gasteiger partial charge < -0.3 is 0 Å². The highest BCUT2D eigenvalue weighted by atomic mass is 79.9. The van der Waals surface area contributed by atoms with Gasteiger partial charge >= 0.3 is 0 Å². The predicted molar refractivity (Wildman–Crippen MR) is 71.3 cm³/mol. The van der Waals surface area contributed by atoms with Crippen molar-refractivity contribution in [3.8, 4) is 0 Å². The molecule has 6 heteroatoms. The molecule has 0 heterocycles. The van der Waals surface area contributed by atoms with Crippen molar-refractivity contribution in [2.24, 2.45) is 0 Å². The fourth-order valence-electron chi connectivity index (χ4n) is 1.35. The van der Waals surface area contributed by atoms with Crippen molar-refractivity contribution >= 4 is 33.4 Å². The molecule has 0 aromatic heterocycles. The van der Waals surface area contributed by atoms with E-state index < -0.39 is 4.92 Å². The van der Waals surface area contributed by atoms with Crippen molar-refractivity contribution in [2.75, 3.05) is 0 Å². The van der Waals surface area contributed by atoms with Crippen molar-refractivity contribution < 1.29 is 9.31 Å². The number of nitrogens with zero attached hydrogens (tertiary/aromatic N) is 1. The predicted octanol–water partition coefficient (Wildman–Crippen LogP) is 4.65. The van der Waals surface area contributed by atoms with Gasteiger partial charge in [0.25, 0.3) is 5.69 Å². The van der Waals surface area contributed by atoms with Gasteiger partial charge in [0.15, 0.2) is 0 Å². The van der Waals surface area contributed by atoms with Crippen LogP contribution in [-0.4, -0.2) is 4.92 Å². The lowest BCUT2D eigenvalue weighted by atomic mass is 10.3. The first kappa shape index (κ1) is 13.0. The molecule has 2 aromatic carbocycles. The number of rotatable bonds is 3. The van der Waals surface area contributed by atoms with Crippen molar-refractivity contribution in [1.82, 2.24) is 0 Å². The maximum absolute atomic E-state index is 12.8. The Kier molecular flexibility index (Phi) is 3.98. The first-order valence-corrected chi connectivity index (χ1v) is 6.54. The molecule has 92 valence electrons. The Bertz CT molecular complexity index is 589. The number of nitro benzene ring substituents is 1. The van der Waals surface area contributed by atoms with Crippen LogP contribution < -0.4 is 0 Å². The normalized spacial score (nSPS) is 10.3. The van der Waals surface area contributed by atoms with E-state index in [-0.39, 0.29) is 11.5 Å². The highest BCUT2D eigenvalue weighted by molar-refractivity contribution is 9.10. The van der Waals surface area contributed by atoms with Crippen molar-refractivity contribution in [3.05, 3.63) is 62.9 Å². The Morgan fingerprint density at radius 2 is 1.83 bits per heavy atom. The molecule has 0 aliphatic rings. The van der Waals surface area contributed by atoms with Crippen molar-refractivity contribution in [2.45, 2.75) is 9.79 Å². The second-order valence-electron chi connectivity index (χ2n) is 3.43. The average molecular weight is 328 g/mol. The molecule has 2 rings (SSSR count). The van der Waals surface area contributed by atoms with Gasteiger partial charge in [0.05, 0.1) is 9.82 Å². The minimum atomic E-state index is -0.432. The Morgan fingerprint density at radius 3 is 2.44 bits per heavy atom. The molecule has 3 nitrogen and oxygen atoms in total. The fourth-order valence-corrected chi connectivity index (χ4v) is 2.82. The first-order chi connectivity index (χ1) is 8.56. The minimum Gasteiger partial charge on any atom is -0.258 e. The molecule has 0 saturated heterocycles. The number of nitro groups is 1. The lowest BCUT2D eigenvalue weighted by Crippen LogP contribution is -1.90. The number of halogens is 2. The zero-order valence-electron chi connectivity index (χ0n) is 8.97. The van der Waals surface area contributed by atoms with Gasteiger partial charge in [0.2, 0.25) is 0 Å². The van der Waals surface area contributed by atoms with E-state index in [9.17, 15) is 14.5 Å². The molecule has 0 unspecified atom stereocenters. The highest BCUT2D eigenvalue weighted by Crippen LogP contribution is 2.36. The van der Waals surface area contributed by atoms with Crippen molar-refractivity contribution in [3.63, 3.8) is 0 Å². The zero-order valence-corrected chi connectivity index (χ0v) is 11.4. The van der Waals surface area contributed by atoms with Crippen LogP contribution >= 0.6 is 27.7 Å². The maximum atomic E-state index is 12.8. The van der Waals surface area contributed by atoms with E-state index in [0.717, 1.165) is 9.37 Å². The van der Waals surface area contributed by atoms with Gasteiger partial charge in [0.1, 0.15) is 5.82 Å².